The molecule has 8 heteroatoms. The zero-order chi connectivity index (χ0) is 23.1. The molecule has 1 fully saturated rings. The van der Waals surface area contributed by atoms with Crippen molar-refractivity contribution in [1.82, 2.24) is 15.0 Å². The first-order valence-electron chi connectivity index (χ1n) is 11.1. The van der Waals surface area contributed by atoms with E-state index in [9.17, 15) is 15.2 Å². The standard InChI is InChI=1S/C25H24N4O4/c1-14(2)32-21-7-6-15(10-17(21)13-26)25-27-24(28-33-25)19-5-3-4-18-20(19)11-16-12-22(31)29(8-9-30)23(16)18/h3-7,10,14,16,23,30H,8-9,11-12H2,1-2H3/t16-,23+/m1/s1. The maximum absolute atomic E-state index is 12.4. The number of nitrogens with zero attached hydrogens (tertiary/aromatic N) is 4. The van der Waals surface area contributed by atoms with E-state index < -0.39 is 0 Å². The Hall–Kier alpha value is -3.70. The number of β-amino-alcohol motifs (C(OH)–C–C–N with tert-alkyl or cyclic N) is 1. The van der Waals surface area contributed by atoms with E-state index in [-0.39, 0.29) is 30.6 Å². The van der Waals surface area contributed by atoms with Crippen LogP contribution in [-0.4, -0.2) is 45.3 Å². The Balaban J connectivity index is 1.48. The van der Waals surface area contributed by atoms with Gasteiger partial charge in [-0.2, -0.15) is 10.2 Å². The van der Waals surface area contributed by atoms with E-state index in [0.29, 0.717) is 41.6 Å². The van der Waals surface area contributed by atoms with Gasteiger partial charge >= 0.3 is 0 Å². The summed E-state index contributed by atoms with van der Waals surface area (Å²) in [5.41, 5.74) is 4.14. The van der Waals surface area contributed by atoms with Crippen molar-refractivity contribution in [3.05, 3.63) is 53.1 Å². The highest BCUT2D eigenvalue weighted by atomic mass is 16.5. The number of nitriles is 1. The molecule has 2 heterocycles. The van der Waals surface area contributed by atoms with E-state index in [1.807, 2.05) is 32.0 Å². The molecule has 2 aromatic carbocycles. The van der Waals surface area contributed by atoms with E-state index in [1.54, 1.807) is 23.1 Å². The molecule has 1 aromatic heterocycles. The molecule has 2 aliphatic rings. The number of aliphatic hydroxyl groups excluding tert-OH is 1. The second-order valence-electron chi connectivity index (χ2n) is 8.71. The highest BCUT2D eigenvalue weighted by Crippen LogP contribution is 2.49. The van der Waals surface area contributed by atoms with Gasteiger partial charge in [0.15, 0.2) is 0 Å². The molecule has 1 aliphatic carbocycles. The average Bonchev–Trinajstić information content (AvgIpc) is 3.49. The monoisotopic (exact) mass is 444 g/mol. The van der Waals surface area contributed by atoms with Crippen molar-refractivity contribution < 1.29 is 19.2 Å². The molecule has 0 radical (unpaired) electrons. The van der Waals surface area contributed by atoms with Crippen LogP contribution in [0.1, 0.15) is 43.0 Å². The Bertz CT molecular complexity index is 1260. The maximum Gasteiger partial charge on any atom is 0.258 e. The fourth-order valence-electron chi connectivity index (χ4n) is 4.98. The second-order valence-corrected chi connectivity index (χ2v) is 8.71. The fourth-order valence-corrected chi connectivity index (χ4v) is 4.98. The molecular weight excluding hydrogens is 420 g/mol. The molecule has 8 nitrogen and oxygen atoms in total. The number of aliphatic hydroxyl groups is 1. The van der Waals surface area contributed by atoms with Crippen LogP contribution in [0.3, 0.4) is 0 Å². The molecule has 1 saturated heterocycles. The van der Waals surface area contributed by atoms with Crippen molar-refractivity contribution in [2.45, 2.75) is 38.8 Å². The quantitative estimate of drug-likeness (QED) is 0.619. The Morgan fingerprint density at radius 3 is 2.91 bits per heavy atom. The highest BCUT2D eigenvalue weighted by Gasteiger charge is 2.46. The van der Waals surface area contributed by atoms with E-state index in [2.05, 4.69) is 16.2 Å². The minimum absolute atomic E-state index is 0.0161. The number of carbonyl (C=O) groups excluding carboxylic acids is 1. The predicted molar refractivity (Wildman–Crippen MR) is 119 cm³/mol. The maximum atomic E-state index is 12.4. The molecule has 1 aliphatic heterocycles. The number of amides is 1. The van der Waals surface area contributed by atoms with Crippen LogP contribution in [0.25, 0.3) is 22.8 Å². The Morgan fingerprint density at radius 2 is 2.15 bits per heavy atom. The number of benzene rings is 2. The van der Waals surface area contributed by atoms with Crippen LogP contribution >= 0.6 is 0 Å². The number of hydrogen-bond donors (Lipinski definition) is 1. The molecule has 5 rings (SSSR count). The van der Waals surface area contributed by atoms with Crippen molar-refractivity contribution in [3.8, 4) is 34.7 Å². The van der Waals surface area contributed by atoms with Gasteiger partial charge in [-0.1, -0.05) is 23.4 Å². The normalized spacial score (nSPS) is 19.0. The van der Waals surface area contributed by atoms with Crippen LogP contribution in [-0.2, 0) is 11.2 Å². The van der Waals surface area contributed by atoms with E-state index in [0.717, 1.165) is 23.1 Å². The SMILES string of the molecule is CC(C)Oc1ccc(-c2nc(-c3cccc4c3C[C@@H]3CC(=O)N(CCO)[C@H]43)no2)cc1C#N. The van der Waals surface area contributed by atoms with Gasteiger partial charge in [0.05, 0.1) is 24.3 Å². The minimum Gasteiger partial charge on any atom is -0.490 e. The lowest BCUT2D eigenvalue weighted by Gasteiger charge is -2.24. The van der Waals surface area contributed by atoms with E-state index in [4.69, 9.17) is 9.26 Å². The summed E-state index contributed by atoms with van der Waals surface area (Å²) in [7, 11) is 0. The molecule has 0 bridgehead atoms. The summed E-state index contributed by atoms with van der Waals surface area (Å²) >= 11 is 0. The zero-order valence-electron chi connectivity index (χ0n) is 18.5. The zero-order valence-corrected chi connectivity index (χ0v) is 18.5. The molecule has 33 heavy (non-hydrogen) atoms. The summed E-state index contributed by atoms with van der Waals surface area (Å²) < 4.78 is 11.2. The van der Waals surface area contributed by atoms with Crippen molar-refractivity contribution in [3.63, 3.8) is 0 Å². The van der Waals surface area contributed by atoms with Gasteiger partial charge in [-0.05, 0) is 55.5 Å². The smallest absolute Gasteiger partial charge is 0.258 e. The number of likely N-dealkylation sites (tertiary alicyclic amines) is 1. The molecule has 0 spiro atoms. The number of rotatable bonds is 6. The molecule has 1 N–H and O–H groups in total. The van der Waals surface area contributed by atoms with Crippen molar-refractivity contribution >= 4 is 5.91 Å². The minimum atomic E-state index is -0.0517. The van der Waals surface area contributed by atoms with Crippen LogP contribution in [0.5, 0.6) is 5.75 Å². The second kappa shape index (κ2) is 8.34. The number of carbonyl (C=O) groups is 1. The summed E-state index contributed by atoms with van der Waals surface area (Å²) in [6.45, 7) is 4.10. The molecule has 3 aromatic rings. The number of fused-ring (bicyclic) bond motifs is 3. The molecule has 0 saturated carbocycles. The number of ether oxygens (including phenoxy) is 1. The lowest BCUT2D eigenvalue weighted by Crippen LogP contribution is -2.30. The Kier molecular flexibility index (Phi) is 5.35. The lowest BCUT2D eigenvalue weighted by molar-refractivity contribution is -0.129. The van der Waals surface area contributed by atoms with Gasteiger partial charge in [-0.25, -0.2) is 0 Å². The van der Waals surface area contributed by atoms with Gasteiger partial charge in [0.1, 0.15) is 11.8 Å². The van der Waals surface area contributed by atoms with Crippen LogP contribution in [0.4, 0.5) is 0 Å². The molecule has 0 unspecified atom stereocenters. The van der Waals surface area contributed by atoms with Crippen molar-refractivity contribution in [1.29, 1.82) is 5.26 Å². The molecule has 2 atom stereocenters. The predicted octanol–water partition coefficient (Wildman–Crippen LogP) is 3.50. The summed E-state index contributed by atoms with van der Waals surface area (Å²) in [6.07, 6.45) is 1.20. The van der Waals surface area contributed by atoms with Crippen LogP contribution in [0.15, 0.2) is 40.9 Å². The van der Waals surface area contributed by atoms with Crippen molar-refractivity contribution in [2.75, 3.05) is 13.2 Å². The highest BCUT2D eigenvalue weighted by molar-refractivity contribution is 5.81. The van der Waals surface area contributed by atoms with Gasteiger partial charge in [0.25, 0.3) is 5.89 Å². The summed E-state index contributed by atoms with van der Waals surface area (Å²) in [4.78, 5) is 18.8. The van der Waals surface area contributed by atoms with Gasteiger partial charge in [0.2, 0.25) is 11.7 Å². The number of hydrogen-bond acceptors (Lipinski definition) is 7. The van der Waals surface area contributed by atoms with E-state index >= 15 is 0 Å². The molecule has 168 valence electrons. The van der Waals surface area contributed by atoms with Crippen LogP contribution < -0.4 is 4.74 Å². The van der Waals surface area contributed by atoms with Gasteiger partial charge in [-0.15, -0.1) is 0 Å². The first-order valence-corrected chi connectivity index (χ1v) is 11.1. The Labute approximate surface area is 191 Å². The van der Waals surface area contributed by atoms with Crippen molar-refractivity contribution in [2.24, 2.45) is 5.92 Å². The average molecular weight is 444 g/mol. The topological polar surface area (TPSA) is 112 Å². The number of aromatic nitrogens is 2. The Morgan fingerprint density at radius 1 is 1.30 bits per heavy atom. The third kappa shape index (κ3) is 3.64. The molecular formula is C25H24N4O4. The lowest BCUT2D eigenvalue weighted by atomic mass is 10.0. The molecule has 1 amide bonds. The van der Waals surface area contributed by atoms with Crippen LogP contribution in [0, 0.1) is 17.2 Å². The van der Waals surface area contributed by atoms with Gasteiger partial charge in [-0.3, -0.25) is 4.79 Å². The van der Waals surface area contributed by atoms with Gasteiger partial charge < -0.3 is 19.3 Å². The third-order valence-electron chi connectivity index (χ3n) is 6.25. The largest absolute Gasteiger partial charge is 0.490 e. The fraction of sp³-hybridized carbons (Fsp3) is 0.360. The van der Waals surface area contributed by atoms with Gasteiger partial charge in [0, 0.05) is 24.1 Å². The third-order valence-corrected chi connectivity index (χ3v) is 6.25. The summed E-state index contributed by atoms with van der Waals surface area (Å²) in [5.74, 6) is 1.60. The first kappa shape index (κ1) is 21.2. The first-order chi connectivity index (χ1) is 16.0. The van der Waals surface area contributed by atoms with E-state index in [1.165, 1.54) is 0 Å². The summed E-state index contributed by atoms with van der Waals surface area (Å²) in [5, 5.41) is 23.1. The van der Waals surface area contributed by atoms with Crippen LogP contribution in [0.2, 0.25) is 0 Å². The summed E-state index contributed by atoms with van der Waals surface area (Å²) in [6, 6.07) is 13.3.